The normalized spacial score (nSPS) is 12.9. The van der Waals surface area contributed by atoms with Gasteiger partial charge in [0.05, 0.1) is 0 Å². The van der Waals surface area contributed by atoms with Crippen molar-refractivity contribution in [3.8, 4) is 0 Å². The number of carboxylic acid groups (broad SMARTS) is 2. The minimum Gasteiger partial charge on any atom is -0.550 e. The van der Waals surface area contributed by atoms with Crippen LogP contribution in [-0.4, -0.2) is 11.9 Å². The molecule has 0 amide bonds. The molecular formula is C8H12O4-2. The van der Waals surface area contributed by atoms with Gasteiger partial charge in [-0.2, -0.15) is 0 Å². The fourth-order valence-corrected chi connectivity index (χ4v) is 1.03. The van der Waals surface area contributed by atoms with E-state index in [2.05, 4.69) is 0 Å². The summed E-state index contributed by atoms with van der Waals surface area (Å²) in [7, 11) is 0. The number of hydrogen-bond acceptors (Lipinski definition) is 4. The van der Waals surface area contributed by atoms with Crippen LogP contribution in [0.3, 0.4) is 0 Å². The molecule has 0 bridgehead atoms. The first-order chi connectivity index (χ1) is 5.43. The molecule has 0 aliphatic rings. The minimum atomic E-state index is -1.34. The summed E-state index contributed by atoms with van der Waals surface area (Å²) >= 11 is 0. The highest BCUT2D eigenvalue weighted by Crippen LogP contribution is 2.13. The van der Waals surface area contributed by atoms with Gasteiger partial charge < -0.3 is 19.8 Å². The number of carbonyl (C=O) groups is 2. The average Bonchev–Trinajstić information content (AvgIpc) is 1.83. The van der Waals surface area contributed by atoms with E-state index in [4.69, 9.17) is 0 Å². The number of aliphatic carboxylic acids is 2. The Morgan fingerprint density at radius 1 is 1.25 bits per heavy atom. The predicted octanol–water partition coefficient (Wildman–Crippen LogP) is -1.46. The second-order valence-corrected chi connectivity index (χ2v) is 3.22. The van der Waals surface area contributed by atoms with Crippen molar-refractivity contribution in [2.24, 2.45) is 11.8 Å². The van der Waals surface area contributed by atoms with Crippen LogP contribution in [0.25, 0.3) is 0 Å². The maximum absolute atomic E-state index is 10.4. The molecular weight excluding hydrogens is 160 g/mol. The zero-order chi connectivity index (χ0) is 9.72. The van der Waals surface area contributed by atoms with Gasteiger partial charge in [0.15, 0.2) is 0 Å². The SMILES string of the molecule is CC(C)CC(CC(=O)[O-])C(=O)[O-]. The zero-order valence-electron chi connectivity index (χ0n) is 7.20. The first-order valence-electron chi connectivity index (χ1n) is 3.84. The van der Waals surface area contributed by atoms with Crippen molar-refractivity contribution in [2.45, 2.75) is 26.7 Å². The van der Waals surface area contributed by atoms with Crippen molar-refractivity contribution >= 4 is 11.9 Å². The molecule has 1 atom stereocenters. The number of carbonyl (C=O) groups excluding carboxylic acids is 2. The smallest absolute Gasteiger partial charge is 0.0449 e. The number of carboxylic acids is 2. The second kappa shape index (κ2) is 4.74. The molecule has 4 heteroatoms. The van der Waals surface area contributed by atoms with Gasteiger partial charge in [0.1, 0.15) is 0 Å². The van der Waals surface area contributed by atoms with Gasteiger partial charge in [-0.15, -0.1) is 0 Å². The summed E-state index contributed by atoms with van der Waals surface area (Å²) in [5, 5.41) is 20.5. The van der Waals surface area contributed by atoms with Crippen LogP contribution in [-0.2, 0) is 9.59 Å². The first-order valence-corrected chi connectivity index (χ1v) is 3.84. The molecule has 0 N–H and O–H groups in total. The largest absolute Gasteiger partial charge is 0.550 e. The van der Waals surface area contributed by atoms with E-state index in [1.165, 1.54) is 0 Å². The fraction of sp³-hybridized carbons (Fsp3) is 0.750. The van der Waals surface area contributed by atoms with Crippen LogP contribution >= 0.6 is 0 Å². The van der Waals surface area contributed by atoms with Gasteiger partial charge in [0.25, 0.3) is 0 Å². The van der Waals surface area contributed by atoms with Crippen LogP contribution in [0.5, 0.6) is 0 Å². The predicted molar refractivity (Wildman–Crippen MR) is 37.6 cm³/mol. The topological polar surface area (TPSA) is 80.3 Å². The van der Waals surface area contributed by atoms with E-state index >= 15 is 0 Å². The van der Waals surface area contributed by atoms with Crippen molar-refractivity contribution < 1.29 is 19.8 Å². The van der Waals surface area contributed by atoms with Crippen LogP contribution in [0.2, 0.25) is 0 Å². The van der Waals surface area contributed by atoms with Gasteiger partial charge in [0.2, 0.25) is 0 Å². The lowest BCUT2D eigenvalue weighted by Gasteiger charge is -2.19. The summed E-state index contributed by atoms with van der Waals surface area (Å²) < 4.78 is 0. The van der Waals surface area contributed by atoms with Gasteiger partial charge in [-0.05, 0) is 18.8 Å². The highest BCUT2D eigenvalue weighted by atomic mass is 16.4. The van der Waals surface area contributed by atoms with Gasteiger partial charge in [0, 0.05) is 17.9 Å². The minimum absolute atomic E-state index is 0.146. The van der Waals surface area contributed by atoms with Gasteiger partial charge >= 0.3 is 0 Å². The van der Waals surface area contributed by atoms with Crippen LogP contribution in [0.1, 0.15) is 26.7 Å². The lowest BCUT2D eigenvalue weighted by atomic mass is 9.94. The van der Waals surface area contributed by atoms with Crippen molar-refractivity contribution in [3.05, 3.63) is 0 Å². The Labute approximate surface area is 71.2 Å². The molecule has 0 saturated carbocycles. The Balaban J connectivity index is 4.04. The highest BCUT2D eigenvalue weighted by Gasteiger charge is 2.11. The molecule has 12 heavy (non-hydrogen) atoms. The van der Waals surface area contributed by atoms with E-state index in [9.17, 15) is 19.8 Å². The lowest BCUT2D eigenvalue weighted by molar-refractivity contribution is -0.321. The molecule has 0 aromatic heterocycles. The molecule has 0 aliphatic carbocycles. The molecule has 0 aromatic rings. The molecule has 0 saturated heterocycles. The van der Waals surface area contributed by atoms with Crippen molar-refractivity contribution in [3.63, 3.8) is 0 Å². The Morgan fingerprint density at radius 2 is 1.75 bits per heavy atom. The molecule has 0 rings (SSSR count). The summed E-state index contributed by atoms with van der Waals surface area (Å²) in [4.78, 5) is 20.5. The molecule has 1 unspecified atom stereocenters. The van der Waals surface area contributed by atoms with Gasteiger partial charge in [-0.25, -0.2) is 0 Å². The third kappa shape index (κ3) is 4.71. The Hall–Kier alpha value is -1.06. The van der Waals surface area contributed by atoms with E-state index < -0.39 is 24.3 Å². The Kier molecular flexibility index (Phi) is 4.33. The van der Waals surface area contributed by atoms with Crippen LogP contribution < -0.4 is 10.2 Å². The van der Waals surface area contributed by atoms with Crippen molar-refractivity contribution in [1.82, 2.24) is 0 Å². The summed E-state index contributed by atoms with van der Waals surface area (Å²) in [6, 6.07) is 0. The van der Waals surface area contributed by atoms with E-state index in [0.29, 0.717) is 6.42 Å². The van der Waals surface area contributed by atoms with E-state index in [0.717, 1.165) is 0 Å². The summed E-state index contributed by atoms with van der Waals surface area (Å²) in [6.07, 6.45) is -0.142. The van der Waals surface area contributed by atoms with Gasteiger partial charge in [-0.3, -0.25) is 0 Å². The van der Waals surface area contributed by atoms with Crippen molar-refractivity contribution in [1.29, 1.82) is 0 Å². The quantitative estimate of drug-likeness (QED) is 0.507. The Bertz CT molecular complexity index is 174. The van der Waals surface area contributed by atoms with Gasteiger partial charge in [-0.1, -0.05) is 13.8 Å². The first kappa shape index (κ1) is 10.9. The number of hydrogen-bond donors (Lipinski definition) is 0. The molecule has 0 heterocycles. The van der Waals surface area contributed by atoms with E-state index in [1.807, 2.05) is 13.8 Å². The average molecular weight is 172 g/mol. The highest BCUT2D eigenvalue weighted by molar-refractivity contribution is 5.75. The van der Waals surface area contributed by atoms with Crippen molar-refractivity contribution in [2.75, 3.05) is 0 Å². The summed E-state index contributed by atoms with van der Waals surface area (Å²) in [5.41, 5.74) is 0. The summed E-state index contributed by atoms with van der Waals surface area (Å²) in [5.74, 6) is -3.43. The summed E-state index contributed by atoms with van der Waals surface area (Å²) in [6.45, 7) is 3.65. The lowest BCUT2D eigenvalue weighted by Crippen LogP contribution is -2.36. The molecule has 0 radical (unpaired) electrons. The standard InChI is InChI=1S/C8H14O4/c1-5(2)3-6(8(11)12)4-7(9)10/h5-6H,3-4H2,1-2H3,(H,9,10)(H,11,12)/p-2. The monoisotopic (exact) mass is 172 g/mol. The van der Waals surface area contributed by atoms with Crippen LogP contribution in [0.15, 0.2) is 0 Å². The van der Waals surface area contributed by atoms with Crippen LogP contribution in [0, 0.1) is 11.8 Å². The third-order valence-corrected chi connectivity index (χ3v) is 1.50. The number of rotatable bonds is 5. The molecule has 0 aromatic carbocycles. The zero-order valence-corrected chi connectivity index (χ0v) is 7.20. The third-order valence-electron chi connectivity index (χ3n) is 1.50. The van der Waals surface area contributed by atoms with E-state index in [1.54, 1.807) is 0 Å². The Morgan fingerprint density at radius 3 is 2.00 bits per heavy atom. The fourth-order valence-electron chi connectivity index (χ4n) is 1.03. The molecule has 0 fully saturated rings. The molecule has 0 spiro atoms. The maximum Gasteiger partial charge on any atom is 0.0449 e. The second-order valence-electron chi connectivity index (χ2n) is 3.22. The molecule has 4 nitrogen and oxygen atoms in total. The van der Waals surface area contributed by atoms with Crippen LogP contribution in [0.4, 0.5) is 0 Å². The maximum atomic E-state index is 10.4. The van der Waals surface area contributed by atoms with E-state index in [-0.39, 0.29) is 5.92 Å². The molecule has 0 aliphatic heterocycles. The molecule has 70 valence electrons.